The number of rotatable bonds is 46. The first-order chi connectivity index (χ1) is 55.8. The van der Waals surface area contributed by atoms with Gasteiger partial charge in [0, 0.05) is 95.8 Å². The Morgan fingerprint density at radius 3 is 1.42 bits per heavy atom. The molecule has 0 saturated carbocycles. The number of carbonyl (C=O) groups excluding carboxylic acids is 7. The molecule has 0 aliphatic heterocycles. The number of hydrogen-bond donors (Lipinski definition) is 3. The zero-order valence-corrected chi connectivity index (χ0v) is 68.7. The minimum Gasteiger partial charge on any atom is -0.870 e. The SMILES string of the molecule is COC(=O)C[C@H](CC(=O)CNC(=O)CCCN(C(=O)OC(C)(C)C)c1cc(C)ccn1)c1ccc(-c2ccc(OCCCCCCCCN=[N+]=[N-])c3ccccc23)cc1.Cc1ccnc(CCCCC(=O)NCC(=O)C[C@@H](CC(=O)O)c2ccc(-c3ccc(OCCCCCCCCN=[N+]=[N-])c4ccccc34)cc2)c1.O=CC(F)(F)F.[Li+].[OH-]. The molecule has 118 heavy (non-hydrogen) atoms. The standard InChI is InChI=1S/C46H58N6O7.C41H49N5O5.C2HF3O.Li.H2O/c1-33-24-26-48-42(29-33)52(45(56)59-46(2,3)4)27-14-17-43(54)49-32-37(53)30-36(31-44(55)57-5)34-18-20-35(21-19-34)38-22-23-41(40-16-11-10-15-39(38)40)58-28-13-9-7-6-8-12-25-50-51-47;1-30-22-24-43-34(26-30)12-6-9-15-40(48)44-29-35(47)27-33(28-41(49)50)31-16-18-32(19-17-31)36-20-21-39(38-14-8-7-13-37(36)38)51-25-11-5-3-2-4-10-23-45-46-42;3-2(4,5)1-6;;/h10-11,15-16,18-24,26,29,36H,6-9,12-14,17,25,27-28,30-32H2,1-5H3,(H,49,54);7-8,13-14,16-22,24,26,33H,2-6,9-12,15,23,25,27-29H2,1H3,(H,44,48)(H,49,50);1H;;1H2/q;;;+1;/p-1/t36-;33-;;;/m00.../s1. The van der Waals surface area contributed by atoms with E-state index in [1.165, 1.54) is 12.0 Å². The smallest absolute Gasteiger partial charge is 0.870 e. The van der Waals surface area contributed by atoms with Gasteiger partial charge in [-0.1, -0.05) is 171 Å². The zero-order chi connectivity index (χ0) is 84.1. The number of pyridine rings is 2. The number of ketones is 2. The molecule has 2 aromatic heterocycles. The molecule has 0 unspecified atom stereocenters. The number of azide groups is 2. The maximum absolute atomic E-state index is 13.2. The number of hydrogen-bond acceptors (Lipinski definition) is 17. The summed E-state index contributed by atoms with van der Waals surface area (Å²) in [7, 11) is 1.32. The normalized spacial score (nSPS) is 11.3. The van der Waals surface area contributed by atoms with E-state index < -0.39 is 47.9 Å². The molecule has 4 N–H and O–H groups in total. The van der Waals surface area contributed by atoms with E-state index >= 15 is 0 Å². The van der Waals surface area contributed by atoms with E-state index in [-0.39, 0.29) is 99.5 Å². The van der Waals surface area contributed by atoms with E-state index in [0.29, 0.717) is 51.4 Å². The Morgan fingerprint density at radius 2 is 0.983 bits per heavy atom. The number of anilines is 1. The first kappa shape index (κ1) is 99.2. The first-order valence-corrected chi connectivity index (χ1v) is 39.5. The van der Waals surface area contributed by atoms with Crippen molar-refractivity contribution in [2.24, 2.45) is 10.2 Å². The first-order valence-electron chi connectivity index (χ1n) is 39.5. The number of aromatic nitrogens is 2. The Morgan fingerprint density at radius 1 is 0.551 bits per heavy atom. The number of halogens is 3. The van der Waals surface area contributed by atoms with Gasteiger partial charge in [0.2, 0.25) is 18.1 Å². The van der Waals surface area contributed by atoms with Crippen LogP contribution in [0, 0.1) is 13.8 Å². The van der Waals surface area contributed by atoms with Crippen molar-refractivity contribution in [3.05, 3.63) is 207 Å². The second-order valence-electron chi connectivity index (χ2n) is 29.3. The van der Waals surface area contributed by atoms with Gasteiger partial charge in [-0.3, -0.25) is 43.4 Å². The fourth-order valence-corrected chi connectivity index (χ4v) is 13.0. The number of methoxy groups -OCH3 is 1. The van der Waals surface area contributed by atoms with E-state index in [1.54, 1.807) is 39.2 Å². The molecule has 2 heterocycles. The van der Waals surface area contributed by atoms with Crippen molar-refractivity contribution in [2.75, 3.05) is 57.9 Å². The molecule has 626 valence electrons. The molecule has 25 nitrogen and oxygen atoms in total. The molecule has 6 aromatic carbocycles. The second kappa shape index (κ2) is 54.0. The maximum Gasteiger partial charge on any atom is 1.00 e. The van der Waals surface area contributed by atoms with Crippen molar-refractivity contribution in [3.63, 3.8) is 0 Å². The molecule has 0 radical (unpaired) electrons. The van der Waals surface area contributed by atoms with Crippen LogP contribution < -0.4 is 43.9 Å². The number of nitrogens with one attached hydrogen (secondary N) is 2. The predicted molar refractivity (Wildman–Crippen MR) is 445 cm³/mol. The van der Waals surface area contributed by atoms with E-state index in [1.807, 2.05) is 117 Å². The molecular formula is C89H109F3LiN11O14. The summed E-state index contributed by atoms with van der Waals surface area (Å²) in [5, 5.41) is 26.3. The molecule has 0 aliphatic carbocycles. The fourth-order valence-electron chi connectivity index (χ4n) is 13.0. The van der Waals surface area contributed by atoms with E-state index in [4.69, 9.17) is 34.8 Å². The Hall–Kier alpha value is -11.1. The second-order valence-corrected chi connectivity index (χ2v) is 29.3. The zero-order valence-electron chi connectivity index (χ0n) is 68.7. The maximum atomic E-state index is 13.2. The van der Waals surface area contributed by atoms with Crippen molar-refractivity contribution >= 4 is 75.1 Å². The van der Waals surface area contributed by atoms with Gasteiger partial charge in [-0.15, -0.1) is 0 Å². The molecule has 0 saturated heterocycles. The number of aldehydes is 1. The summed E-state index contributed by atoms with van der Waals surface area (Å²) in [6.45, 7) is 11.6. The van der Waals surface area contributed by atoms with Crippen LogP contribution in [0.5, 0.6) is 11.5 Å². The monoisotopic (exact) mass is 1620 g/mol. The van der Waals surface area contributed by atoms with Gasteiger partial charge in [0.25, 0.3) is 0 Å². The summed E-state index contributed by atoms with van der Waals surface area (Å²) in [6.07, 6.45) is 12.6. The van der Waals surface area contributed by atoms with E-state index in [9.17, 15) is 51.8 Å². The van der Waals surface area contributed by atoms with Gasteiger partial charge in [-0.2, -0.15) is 13.2 Å². The number of aliphatic carboxylic acids is 1. The molecule has 0 fully saturated rings. The third kappa shape index (κ3) is 37.4. The van der Waals surface area contributed by atoms with Crippen LogP contribution in [0.4, 0.5) is 23.8 Å². The molecule has 8 aromatic rings. The summed E-state index contributed by atoms with van der Waals surface area (Å²) in [6, 6.07) is 47.6. The minimum absolute atomic E-state index is 0. The minimum atomic E-state index is -4.64. The Balaban J connectivity index is 0.000000460. The van der Waals surface area contributed by atoms with Gasteiger partial charge in [-0.05, 0) is 189 Å². The number of amides is 3. The fraction of sp³-hybridized carbons (Fsp3) is 0.438. The third-order valence-electron chi connectivity index (χ3n) is 18.8. The molecule has 29 heteroatoms. The number of nitrogens with zero attached hydrogens (tertiary/aromatic N) is 9. The molecular weight excluding hydrogens is 1510 g/mol. The number of aryl methyl sites for hydroxylation is 3. The summed E-state index contributed by atoms with van der Waals surface area (Å²) in [5.41, 5.74) is 24.7. The Labute approximate surface area is 700 Å². The quantitative estimate of drug-likeness (QED) is 0.00607. The summed E-state index contributed by atoms with van der Waals surface area (Å²) >= 11 is 0. The van der Waals surface area contributed by atoms with Crippen LogP contribution in [0.2, 0.25) is 0 Å². The number of Topliss-reactive ketones (excluding diaryl/α,β-unsaturated/α-hetero) is 2. The number of esters is 1. The van der Waals surface area contributed by atoms with Gasteiger partial charge in [0.05, 0.1) is 46.3 Å². The topological polar surface area (TPSA) is 374 Å². The van der Waals surface area contributed by atoms with Crippen molar-refractivity contribution in [1.29, 1.82) is 0 Å². The molecule has 0 aliphatic rings. The van der Waals surface area contributed by atoms with Crippen molar-refractivity contribution < 1.29 is 99.9 Å². The van der Waals surface area contributed by atoms with Crippen molar-refractivity contribution in [1.82, 2.24) is 20.6 Å². The van der Waals surface area contributed by atoms with Crippen molar-refractivity contribution in [3.8, 4) is 33.8 Å². The number of carboxylic acid groups (broad SMARTS) is 1. The van der Waals surface area contributed by atoms with Crippen LogP contribution in [0.25, 0.3) is 64.7 Å². The Bertz CT molecular complexity index is 4590. The van der Waals surface area contributed by atoms with Crippen LogP contribution >= 0.6 is 0 Å². The van der Waals surface area contributed by atoms with Crippen molar-refractivity contribution in [2.45, 2.75) is 199 Å². The summed E-state index contributed by atoms with van der Waals surface area (Å²) in [4.78, 5) is 113. The van der Waals surface area contributed by atoms with Crippen LogP contribution in [-0.2, 0) is 49.5 Å². The summed E-state index contributed by atoms with van der Waals surface area (Å²) < 4.78 is 54.2. The number of carboxylic acids is 1. The van der Waals surface area contributed by atoms with Gasteiger partial charge in [0.1, 0.15) is 22.9 Å². The number of carbonyl (C=O) groups is 8. The van der Waals surface area contributed by atoms with Gasteiger partial charge in [-0.25, -0.2) is 9.78 Å². The molecule has 3 amide bonds. The average molecular weight is 1620 g/mol. The van der Waals surface area contributed by atoms with Crippen LogP contribution in [0.1, 0.15) is 195 Å². The number of ether oxygens (including phenoxy) is 4. The van der Waals surface area contributed by atoms with Gasteiger partial charge < -0.3 is 40.2 Å². The molecule has 0 bridgehead atoms. The number of fused-ring (bicyclic) bond motifs is 2. The van der Waals surface area contributed by atoms with Crippen LogP contribution in [-0.4, -0.2) is 133 Å². The number of benzene rings is 6. The number of unbranched alkanes of at least 4 members (excludes halogenated alkanes) is 11. The Kier molecular flexibility index (Phi) is 45.4. The number of alkyl halides is 3. The van der Waals surface area contributed by atoms with Crippen LogP contribution in [0.3, 0.4) is 0 Å². The average Bonchev–Trinajstić information content (AvgIpc) is 0.789. The van der Waals surface area contributed by atoms with Gasteiger partial charge >= 0.3 is 43.1 Å². The van der Waals surface area contributed by atoms with Crippen LogP contribution in [0.15, 0.2) is 168 Å². The largest absolute Gasteiger partial charge is 1.00 e. The van der Waals surface area contributed by atoms with E-state index in [0.717, 1.165) is 173 Å². The molecule has 2 atom stereocenters. The third-order valence-corrected chi connectivity index (χ3v) is 18.8. The predicted octanol–water partition coefficient (Wildman–Crippen LogP) is 17.0. The molecule has 8 rings (SSSR count). The van der Waals surface area contributed by atoms with E-state index in [2.05, 4.69) is 77.1 Å². The molecule has 0 spiro atoms. The van der Waals surface area contributed by atoms with Gasteiger partial charge in [0.15, 0.2) is 11.6 Å². The summed E-state index contributed by atoms with van der Waals surface area (Å²) in [5.74, 6) is -1.20.